The zero-order chi connectivity index (χ0) is 17.2. The van der Waals surface area contributed by atoms with Crippen molar-refractivity contribution in [3.8, 4) is 10.8 Å². The fourth-order valence-corrected chi connectivity index (χ4v) is 4.00. The summed E-state index contributed by atoms with van der Waals surface area (Å²) >= 11 is 3.28. The highest BCUT2D eigenvalue weighted by Crippen LogP contribution is 2.30. The molecule has 1 amide bonds. The molecule has 1 saturated heterocycles. The molecule has 1 aliphatic rings. The highest BCUT2D eigenvalue weighted by molar-refractivity contribution is 7.98. The molecule has 5 nitrogen and oxygen atoms in total. The number of carbonyl (C=O) groups is 1. The van der Waals surface area contributed by atoms with E-state index in [2.05, 4.69) is 40.7 Å². The number of likely N-dealkylation sites (tertiary alicyclic amines) is 1. The van der Waals surface area contributed by atoms with Crippen LogP contribution in [0, 0.1) is 0 Å². The quantitative estimate of drug-likeness (QED) is 0.634. The van der Waals surface area contributed by atoms with Crippen molar-refractivity contribution in [2.24, 2.45) is 0 Å². The Morgan fingerprint density at radius 2 is 2.16 bits per heavy atom. The van der Waals surface area contributed by atoms with Crippen molar-refractivity contribution in [3.63, 3.8) is 0 Å². The molecule has 0 saturated carbocycles. The first kappa shape index (κ1) is 16.4. The first-order valence-electron chi connectivity index (χ1n) is 8.01. The van der Waals surface area contributed by atoms with E-state index in [9.17, 15) is 4.79 Å². The van der Waals surface area contributed by atoms with Crippen LogP contribution < -0.4 is 0 Å². The Morgan fingerprint density at radius 3 is 2.88 bits per heavy atom. The number of hydrogen-bond donors (Lipinski definition) is 0. The summed E-state index contributed by atoms with van der Waals surface area (Å²) < 4.78 is 5.35. The topological polar surface area (TPSA) is 59.2 Å². The van der Waals surface area contributed by atoms with Crippen molar-refractivity contribution in [2.45, 2.75) is 23.8 Å². The number of amides is 1. The minimum atomic E-state index is -0.00423. The van der Waals surface area contributed by atoms with Crippen LogP contribution in [0.5, 0.6) is 0 Å². The lowest BCUT2D eigenvalue weighted by Gasteiger charge is -2.16. The van der Waals surface area contributed by atoms with Gasteiger partial charge in [-0.3, -0.25) is 4.79 Å². The molecule has 7 heteroatoms. The van der Waals surface area contributed by atoms with Crippen LogP contribution in [-0.4, -0.2) is 33.7 Å². The Kier molecular flexibility index (Phi) is 4.59. The summed E-state index contributed by atoms with van der Waals surface area (Å²) in [6, 6.07) is 12.2. The molecule has 2 aromatic heterocycles. The van der Waals surface area contributed by atoms with Crippen molar-refractivity contribution >= 4 is 29.0 Å². The highest BCUT2D eigenvalue weighted by Gasteiger charge is 2.33. The van der Waals surface area contributed by atoms with Crippen LogP contribution >= 0.6 is 23.1 Å². The van der Waals surface area contributed by atoms with Gasteiger partial charge in [-0.15, -0.1) is 23.1 Å². The van der Waals surface area contributed by atoms with E-state index >= 15 is 0 Å². The second-order valence-electron chi connectivity index (χ2n) is 5.96. The van der Waals surface area contributed by atoms with E-state index < -0.39 is 0 Å². The molecule has 1 aliphatic heterocycles. The van der Waals surface area contributed by atoms with Crippen LogP contribution in [0.2, 0.25) is 0 Å². The summed E-state index contributed by atoms with van der Waals surface area (Å²) in [4.78, 5) is 20.9. The van der Waals surface area contributed by atoms with E-state index in [1.165, 1.54) is 4.90 Å². The molecule has 1 unspecified atom stereocenters. The lowest BCUT2D eigenvalue weighted by Crippen LogP contribution is -2.24. The van der Waals surface area contributed by atoms with E-state index in [1.807, 2.05) is 22.4 Å². The molecular weight excluding hydrogens is 354 g/mol. The third kappa shape index (κ3) is 3.48. The zero-order valence-electron chi connectivity index (χ0n) is 13.7. The maximum Gasteiger partial charge on any atom is 0.267 e. The van der Waals surface area contributed by atoms with Crippen LogP contribution in [-0.2, 0) is 11.3 Å². The van der Waals surface area contributed by atoms with Gasteiger partial charge in [0, 0.05) is 30.3 Å². The predicted molar refractivity (Wildman–Crippen MR) is 98.6 cm³/mol. The molecule has 0 aliphatic carbocycles. The largest absolute Gasteiger partial charge is 0.338 e. The fraction of sp³-hybridized carbons (Fsp3) is 0.278. The third-order valence-electron chi connectivity index (χ3n) is 4.29. The van der Waals surface area contributed by atoms with Crippen LogP contribution in [0.4, 0.5) is 0 Å². The Bertz CT molecular complexity index is 859. The standard InChI is InChI=1S/C18H17N3O2S2/c1-24-14-6-4-12(5-7-14)10-21-11-13(9-16(21)22)17-19-18(23-20-17)15-3-2-8-25-15/h2-8,13H,9-11H2,1H3. The van der Waals surface area contributed by atoms with Crippen LogP contribution in [0.3, 0.4) is 0 Å². The molecule has 0 bridgehead atoms. The Hall–Kier alpha value is -2.12. The number of carbonyl (C=O) groups excluding carboxylic acids is 1. The number of rotatable bonds is 5. The number of aromatic nitrogens is 2. The van der Waals surface area contributed by atoms with E-state index in [-0.39, 0.29) is 11.8 Å². The van der Waals surface area contributed by atoms with E-state index in [4.69, 9.17) is 4.52 Å². The lowest BCUT2D eigenvalue weighted by molar-refractivity contribution is -0.128. The van der Waals surface area contributed by atoms with Gasteiger partial charge in [0.2, 0.25) is 5.91 Å². The summed E-state index contributed by atoms with van der Waals surface area (Å²) in [7, 11) is 0. The highest BCUT2D eigenvalue weighted by atomic mass is 32.2. The van der Waals surface area contributed by atoms with E-state index in [1.54, 1.807) is 23.1 Å². The molecule has 25 heavy (non-hydrogen) atoms. The lowest BCUT2D eigenvalue weighted by atomic mass is 10.1. The van der Waals surface area contributed by atoms with E-state index in [0.29, 0.717) is 31.2 Å². The van der Waals surface area contributed by atoms with Gasteiger partial charge < -0.3 is 9.42 Å². The molecule has 1 aromatic carbocycles. The third-order valence-corrected chi connectivity index (χ3v) is 5.89. The monoisotopic (exact) mass is 371 g/mol. The van der Waals surface area contributed by atoms with Crippen LogP contribution in [0.25, 0.3) is 10.8 Å². The predicted octanol–water partition coefficient (Wildman–Crippen LogP) is 4.04. The molecule has 0 radical (unpaired) electrons. The van der Waals surface area contributed by atoms with Crippen molar-refractivity contribution < 1.29 is 9.32 Å². The van der Waals surface area contributed by atoms with Gasteiger partial charge in [-0.25, -0.2) is 0 Å². The Labute approximate surface area is 154 Å². The number of nitrogens with zero attached hydrogens (tertiary/aromatic N) is 3. The number of thiophene rings is 1. The van der Waals surface area contributed by atoms with Gasteiger partial charge in [0.25, 0.3) is 5.89 Å². The normalized spacial score (nSPS) is 17.4. The average molecular weight is 371 g/mol. The molecule has 0 spiro atoms. The van der Waals surface area contributed by atoms with Gasteiger partial charge >= 0.3 is 0 Å². The van der Waals surface area contributed by atoms with Gasteiger partial charge in [-0.05, 0) is 35.4 Å². The smallest absolute Gasteiger partial charge is 0.267 e. The first-order valence-corrected chi connectivity index (χ1v) is 10.1. The second-order valence-corrected chi connectivity index (χ2v) is 7.79. The van der Waals surface area contributed by atoms with Gasteiger partial charge in [-0.1, -0.05) is 23.4 Å². The average Bonchev–Trinajstić information content (AvgIpc) is 3.36. The maximum atomic E-state index is 12.4. The minimum absolute atomic E-state index is 0.00423. The Balaban J connectivity index is 1.44. The molecule has 0 N–H and O–H groups in total. The molecule has 3 heterocycles. The summed E-state index contributed by atoms with van der Waals surface area (Å²) in [5.74, 6) is 1.29. The Morgan fingerprint density at radius 1 is 1.32 bits per heavy atom. The first-order chi connectivity index (χ1) is 12.2. The number of thioether (sulfide) groups is 1. The van der Waals surface area contributed by atoms with E-state index in [0.717, 1.165) is 10.4 Å². The summed E-state index contributed by atoms with van der Waals surface area (Å²) in [5, 5.41) is 6.07. The molecule has 1 atom stereocenters. The molecular formula is C18H17N3O2S2. The summed E-state index contributed by atoms with van der Waals surface area (Å²) in [6.45, 7) is 1.26. The van der Waals surface area contributed by atoms with Crippen molar-refractivity contribution in [3.05, 3.63) is 53.2 Å². The van der Waals surface area contributed by atoms with Crippen molar-refractivity contribution in [1.29, 1.82) is 0 Å². The maximum absolute atomic E-state index is 12.4. The van der Waals surface area contributed by atoms with Gasteiger partial charge in [0.05, 0.1) is 4.88 Å². The minimum Gasteiger partial charge on any atom is -0.338 e. The van der Waals surface area contributed by atoms with Gasteiger partial charge in [-0.2, -0.15) is 4.98 Å². The van der Waals surface area contributed by atoms with Crippen molar-refractivity contribution in [1.82, 2.24) is 15.0 Å². The summed E-state index contributed by atoms with van der Waals surface area (Å²) in [6.07, 6.45) is 2.49. The van der Waals surface area contributed by atoms with Crippen molar-refractivity contribution in [2.75, 3.05) is 12.8 Å². The number of benzene rings is 1. The SMILES string of the molecule is CSc1ccc(CN2CC(c3noc(-c4cccs4)n3)CC2=O)cc1. The fourth-order valence-electron chi connectivity index (χ4n) is 2.95. The molecule has 128 valence electrons. The molecule has 1 fully saturated rings. The zero-order valence-corrected chi connectivity index (χ0v) is 15.3. The second kappa shape index (κ2) is 7.01. The molecule has 4 rings (SSSR count). The number of hydrogen-bond acceptors (Lipinski definition) is 6. The van der Waals surface area contributed by atoms with Gasteiger partial charge in [0.1, 0.15) is 0 Å². The molecule has 3 aromatic rings. The van der Waals surface area contributed by atoms with Gasteiger partial charge in [0.15, 0.2) is 5.82 Å². The summed E-state index contributed by atoms with van der Waals surface area (Å²) in [5.41, 5.74) is 1.14. The van der Waals surface area contributed by atoms with Crippen LogP contribution in [0.1, 0.15) is 23.7 Å². The van der Waals surface area contributed by atoms with Crippen LogP contribution in [0.15, 0.2) is 51.2 Å².